The molecule has 0 radical (unpaired) electrons. The van der Waals surface area contributed by atoms with Crippen LogP contribution in [0.4, 0.5) is 0 Å². The number of hydrogen-bond donors (Lipinski definition) is 0. The standard InChI is InChI=1S/C17H24N2OS/c20-17(16-15(13-8-9-13)18-11-21-16)19-10-4-3-6-12-5-1-2-7-14(12)19/h11-14H,1-10H2. The van der Waals surface area contributed by atoms with Crippen molar-refractivity contribution in [3.63, 3.8) is 0 Å². The van der Waals surface area contributed by atoms with Crippen LogP contribution in [0, 0.1) is 5.92 Å². The van der Waals surface area contributed by atoms with Crippen molar-refractivity contribution < 1.29 is 4.79 Å². The minimum Gasteiger partial charge on any atom is -0.335 e. The zero-order valence-electron chi connectivity index (χ0n) is 12.6. The average Bonchev–Trinajstić information content (AvgIpc) is 3.28. The first kappa shape index (κ1) is 13.7. The van der Waals surface area contributed by atoms with Gasteiger partial charge in [-0.05, 0) is 44.4 Å². The van der Waals surface area contributed by atoms with Gasteiger partial charge in [0.2, 0.25) is 0 Å². The lowest BCUT2D eigenvalue weighted by atomic mass is 9.81. The fourth-order valence-corrected chi connectivity index (χ4v) is 5.06. The predicted molar refractivity (Wildman–Crippen MR) is 84.7 cm³/mol. The van der Waals surface area contributed by atoms with E-state index < -0.39 is 0 Å². The largest absolute Gasteiger partial charge is 0.335 e. The van der Waals surface area contributed by atoms with E-state index in [-0.39, 0.29) is 5.91 Å². The maximum absolute atomic E-state index is 13.1. The van der Waals surface area contributed by atoms with E-state index in [1.807, 2.05) is 5.51 Å². The minimum absolute atomic E-state index is 0.290. The zero-order chi connectivity index (χ0) is 14.2. The molecule has 1 saturated heterocycles. The van der Waals surface area contributed by atoms with Gasteiger partial charge in [-0.3, -0.25) is 4.79 Å². The number of nitrogens with zero attached hydrogens (tertiary/aromatic N) is 2. The van der Waals surface area contributed by atoms with Crippen LogP contribution in [0.15, 0.2) is 5.51 Å². The fourth-order valence-electron chi connectivity index (χ4n) is 4.23. The summed E-state index contributed by atoms with van der Waals surface area (Å²) in [5.74, 6) is 1.62. The van der Waals surface area contributed by atoms with Gasteiger partial charge >= 0.3 is 0 Å². The van der Waals surface area contributed by atoms with Crippen molar-refractivity contribution >= 4 is 17.2 Å². The predicted octanol–water partition coefficient (Wildman–Crippen LogP) is 4.21. The molecule has 2 heterocycles. The molecule has 0 bridgehead atoms. The lowest BCUT2D eigenvalue weighted by molar-refractivity contribution is 0.0572. The lowest BCUT2D eigenvalue weighted by Crippen LogP contribution is -2.45. The molecule has 4 heteroatoms. The van der Waals surface area contributed by atoms with E-state index in [2.05, 4.69) is 9.88 Å². The molecule has 0 N–H and O–H groups in total. The number of aromatic nitrogens is 1. The van der Waals surface area contributed by atoms with Gasteiger partial charge in [0, 0.05) is 18.5 Å². The first-order valence-electron chi connectivity index (χ1n) is 8.59. The normalized spacial score (nSPS) is 29.8. The Balaban J connectivity index is 1.60. The van der Waals surface area contributed by atoms with Crippen molar-refractivity contribution in [2.45, 2.75) is 69.7 Å². The van der Waals surface area contributed by atoms with Crippen molar-refractivity contribution in [3.05, 3.63) is 16.1 Å². The summed E-state index contributed by atoms with van der Waals surface area (Å²) in [6, 6.07) is 0.503. The third kappa shape index (κ3) is 2.63. The Kier molecular flexibility index (Phi) is 3.74. The molecule has 2 saturated carbocycles. The molecule has 1 amide bonds. The van der Waals surface area contributed by atoms with Gasteiger partial charge in [-0.25, -0.2) is 4.98 Å². The number of rotatable bonds is 2. The van der Waals surface area contributed by atoms with Crippen molar-refractivity contribution in [2.24, 2.45) is 5.92 Å². The Labute approximate surface area is 130 Å². The van der Waals surface area contributed by atoms with Gasteiger partial charge in [0.15, 0.2) is 0 Å². The molecule has 2 unspecified atom stereocenters. The first-order valence-corrected chi connectivity index (χ1v) is 9.47. The van der Waals surface area contributed by atoms with Crippen LogP contribution in [-0.2, 0) is 0 Å². The highest BCUT2D eigenvalue weighted by Crippen LogP contribution is 2.43. The number of fused-ring (bicyclic) bond motifs is 1. The maximum atomic E-state index is 13.1. The van der Waals surface area contributed by atoms with E-state index in [0.29, 0.717) is 12.0 Å². The van der Waals surface area contributed by atoms with Crippen LogP contribution in [0.5, 0.6) is 0 Å². The molecule has 114 valence electrons. The van der Waals surface area contributed by atoms with E-state index in [4.69, 9.17) is 0 Å². The lowest BCUT2D eigenvalue weighted by Gasteiger charge is -2.38. The summed E-state index contributed by atoms with van der Waals surface area (Å²) in [4.78, 5) is 20.8. The molecule has 3 aliphatic rings. The van der Waals surface area contributed by atoms with Crippen molar-refractivity contribution in [3.8, 4) is 0 Å². The van der Waals surface area contributed by atoms with Crippen LogP contribution >= 0.6 is 11.3 Å². The number of thiazole rings is 1. The Hall–Kier alpha value is -0.900. The Morgan fingerprint density at radius 2 is 1.86 bits per heavy atom. The van der Waals surface area contributed by atoms with Gasteiger partial charge in [0.25, 0.3) is 5.91 Å². The molecule has 1 aromatic rings. The Morgan fingerprint density at radius 1 is 1.10 bits per heavy atom. The summed E-state index contributed by atoms with van der Waals surface area (Å²) in [7, 11) is 0. The maximum Gasteiger partial charge on any atom is 0.266 e. The zero-order valence-corrected chi connectivity index (χ0v) is 13.4. The second-order valence-electron chi connectivity index (χ2n) is 6.95. The molecule has 4 rings (SSSR count). The van der Waals surface area contributed by atoms with Gasteiger partial charge in [-0.2, -0.15) is 0 Å². The summed E-state index contributed by atoms with van der Waals surface area (Å²) in [6.45, 7) is 0.960. The molecule has 0 aromatic carbocycles. The highest BCUT2D eigenvalue weighted by Gasteiger charge is 2.37. The molecule has 21 heavy (non-hydrogen) atoms. The molecule has 1 aliphatic heterocycles. The van der Waals surface area contributed by atoms with Crippen molar-refractivity contribution in [1.82, 2.24) is 9.88 Å². The first-order chi connectivity index (χ1) is 10.3. The molecule has 2 aliphatic carbocycles. The van der Waals surface area contributed by atoms with Gasteiger partial charge in [0.1, 0.15) is 4.88 Å². The highest BCUT2D eigenvalue weighted by atomic mass is 32.1. The van der Waals surface area contributed by atoms with Crippen molar-refractivity contribution in [2.75, 3.05) is 6.54 Å². The number of likely N-dealkylation sites (tertiary alicyclic amines) is 1. The van der Waals surface area contributed by atoms with Crippen LogP contribution in [-0.4, -0.2) is 28.4 Å². The van der Waals surface area contributed by atoms with E-state index in [9.17, 15) is 4.79 Å². The van der Waals surface area contributed by atoms with E-state index in [1.54, 1.807) is 11.3 Å². The number of hydrogen-bond acceptors (Lipinski definition) is 3. The molecule has 3 nitrogen and oxygen atoms in total. The van der Waals surface area contributed by atoms with Crippen LogP contribution < -0.4 is 0 Å². The minimum atomic E-state index is 0.290. The third-order valence-electron chi connectivity index (χ3n) is 5.51. The molecular weight excluding hydrogens is 280 g/mol. The third-order valence-corrected chi connectivity index (χ3v) is 6.34. The average molecular weight is 304 g/mol. The number of amides is 1. The fraction of sp³-hybridized carbons (Fsp3) is 0.765. The monoisotopic (exact) mass is 304 g/mol. The Morgan fingerprint density at radius 3 is 2.67 bits per heavy atom. The number of carbonyl (C=O) groups excluding carboxylic acids is 1. The van der Waals surface area contributed by atoms with Gasteiger partial charge in [-0.15, -0.1) is 11.3 Å². The number of carbonyl (C=O) groups is 1. The van der Waals surface area contributed by atoms with E-state index in [0.717, 1.165) is 23.0 Å². The molecule has 2 atom stereocenters. The SMILES string of the molecule is O=C(c1scnc1C1CC1)N1CCCCC2CCCCC21. The van der Waals surface area contributed by atoms with Gasteiger partial charge < -0.3 is 4.90 Å². The summed E-state index contributed by atoms with van der Waals surface area (Å²) in [6.07, 6.45) is 11.4. The Bertz CT molecular complexity index is 523. The molecule has 3 fully saturated rings. The van der Waals surface area contributed by atoms with Crippen LogP contribution in [0.2, 0.25) is 0 Å². The summed E-state index contributed by atoms with van der Waals surface area (Å²) in [5.41, 5.74) is 2.97. The smallest absolute Gasteiger partial charge is 0.266 e. The molecular formula is C17H24N2OS. The second kappa shape index (κ2) is 5.71. The topological polar surface area (TPSA) is 33.2 Å². The molecule has 1 aromatic heterocycles. The summed E-state index contributed by atoms with van der Waals surface area (Å²) in [5, 5.41) is 0. The summed E-state index contributed by atoms with van der Waals surface area (Å²) < 4.78 is 0. The second-order valence-corrected chi connectivity index (χ2v) is 7.80. The van der Waals surface area contributed by atoms with Crippen LogP contribution in [0.25, 0.3) is 0 Å². The molecule has 0 spiro atoms. The van der Waals surface area contributed by atoms with Gasteiger partial charge in [0.05, 0.1) is 11.2 Å². The highest BCUT2D eigenvalue weighted by molar-refractivity contribution is 7.11. The van der Waals surface area contributed by atoms with E-state index in [1.165, 1.54) is 57.8 Å². The summed E-state index contributed by atoms with van der Waals surface area (Å²) >= 11 is 1.56. The van der Waals surface area contributed by atoms with Crippen LogP contribution in [0.1, 0.15) is 79.1 Å². The van der Waals surface area contributed by atoms with E-state index >= 15 is 0 Å². The van der Waals surface area contributed by atoms with Crippen LogP contribution in [0.3, 0.4) is 0 Å². The quantitative estimate of drug-likeness (QED) is 0.820. The van der Waals surface area contributed by atoms with Crippen molar-refractivity contribution in [1.29, 1.82) is 0 Å². The van der Waals surface area contributed by atoms with Gasteiger partial charge in [-0.1, -0.05) is 19.3 Å².